The fraction of sp³-hybridized carbons (Fsp3) is 0.476. The third-order valence-electron chi connectivity index (χ3n) is 5.47. The highest BCUT2D eigenvalue weighted by atomic mass is 32.2. The SMILES string of the molecule is CC(C#N)=C1SC(c2cccc(N(C)C(=O)CN3CCN(C)CC3)c2)C(=O)N1C. The molecule has 1 aromatic carbocycles. The van der Waals surface area contributed by atoms with Gasteiger partial charge >= 0.3 is 0 Å². The molecule has 2 amide bonds. The van der Waals surface area contributed by atoms with Crippen LogP contribution in [0.5, 0.6) is 0 Å². The Balaban J connectivity index is 1.73. The molecule has 7 nitrogen and oxygen atoms in total. The molecule has 2 heterocycles. The van der Waals surface area contributed by atoms with E-state index in [4.69, 9.17) is 0 Å². The molecule has 0 radical (unpaired) electrons. The van der Waals surface area contributed by atoms with Gasteiger partial charge in [-0.05, 0) is 31.7 Å². The van der Waals surface area contributed by atoms with Gasteiger partial charge in [-0.3, -0.25) is 14.5 Å². The number of likely N-dealkylation sites (N-methyl/N-ethyl adjacent to an activating group) is 3. The van der Waals surface area contributed by atoms with Gasteiger partial charge in [0.2, 0.25) is 11.8 Å². The van der Waals surface area contributed by atoms with Crippen molar-refractivity contribution in [1.29, 1.82) is 5.26 Å². The fourth-order valence-corrected chi connectivity index (χ4v) is 4.69. The summed E-state index contributed by atoms with van der Waals surface area (Å²) in [5, 5.41) is 9.46. The van der Waals surface area contributed by atoms with E-state index in [1.807, 2.05) is 24.3 Å². The molecule has 0 spiro atoms. The van der Waals surface area contributed by atoms with Gasteiger partial charge in [0.15, 0.2) is 0 Å². The van der Waals surface area contributed by atoms with E-state index < -0.39 is 5.25 Å². The Hall–Kier alpha value is -2.34. The Kier molecular flexibility index (Phi) is 6.63. The summed E-state index contributed by atoms with van der Waals surface area (Å²) in [6.07, 6.45) is 0. The number of amides is 2. The minimum atomic E-state index is -0.403. The van der Waals surface area contributed by atoms with Gasteiger partial charge in [-0.15, -0.1) is 0 Å². The quantitative estimate of drug-likeness (QED) is 0.702. The number of piperazine rings is 1. The summed E-state index contributed by atoms with van der Waals surface area (Å²) in [6, 6.07) is 9.68. The van der Waals surface area contributed by atoms with Crippen molar-refractivity contribution >= 4 is 29.3 Å². The highest BCUT2D eigenvalue weighted by Crippen LogP contribution is 2.45. The van der Waals surface area contributed by atoms with E-state index in [2.05, 4.69) is 22.9 Å². The second kappa shape index (κ2) is 8.99. The number of rotatable bonds is 4. The molecule has 1 unspecified atom stereocenters. The van der Waals surface area contributed by atoms with Gasteiger partial charge in [0.25, 0.3) is 0 Å². The van der Waals surface area contributed by atoms with Crippen LogP contribution in [0, 0.1) is 11.3 Å². The molecule has 0 aliphatic carbocycles. The van der Waals surface area contributed by atoms with Crippen LogP contribution in [0.1, 0.15) is 17.7 Å². The molecular weight excluding hydrogens is 386 g/mol. The number of carbonyl (C=O) groups is 2. The molecular formula is C21H27N5O2S. The van der Waals surface area contributed by atoms with E-state index in [-0.39, 0.29) is 11.8 Å². The van der Waals surface area contributed by atoms with Gasteiger partial charge in [-0.25, -0.2) is 0 Å². The van der Waals surface area contributed by atoms with Crippen molar-refractivity contribution < 1.29 is 9.59 Å². The molecule has 0 bridgehead atoms. The zero-order valence-electron chi connectivity index (χ0n) is 17.4. The summed E-state index contributed by atoms with van der Waals surface area (Å²) in [7, 11) is 5.56. The molecule has 0 aromatic heterocycles. The van der Waals surface area contributed by atoms with Crippen LogP contribution < -0.4 is 4.90 Å². The third-order valence-corrected chi connectivity index (χ3v) is 6.98. The Morgan fingerprint density at radius 3 is 2.62 bits per heavy atom. The van der Waals surface area contributed by atoms with Gasteiger partial charge in [-0.1, -0.05) is 23.9 Å². The van der Waals surface area contributed by atoms with Gasteiger partial charge in [0.1, 0.15) is 5.25 Å². The van der Waals surface area contributed by atoms with E-state index in [1.54, 1.807) is 30.8 Å². The first-order valence-electron chi connectivity index (χ1n) is 9.64. The number of hydrogen-bond acceptors (Lipinski definition) is 6. The molecule has 2 saturated heterocycles. The predicted octanol–water partition coefficient (Wildman–Crippen LogP) is 1.90. The van der Waals surface area contributed by atoms with Crippen LogP contribution >= 0.6 is 11.8 Å². The maximum absolute atomic E-state index is 12.8. The van der Waals surface area contributed by atoms with Crippen molar-refractivity contribution in [2.75, 3.05) is 58.8 Å². The van der Waals surface area contributed by atoms with Gasteiger partial charge in [0.05, 0.1) is 23.2 Å². The van der Waals surface area contributed by atoms with Gasteiger partial charge in [0, 0.05) is 46.0 Å². The second-order valence-electron chi connectivity index (χ2n) is 7.56. The Bertz CT molecular complexity index is 870. The Morgan fingerprint density at radius 2 is 1.97 bits per heavy atom. The number of hydrogen-bond donors (Lipinski definition) is 0. The smallest absolute Gasteiger partial charge is 0.245 e. The second-order valence-corrected chi connectivity index (χ2v) is 8.66. The Labute approximate surface area is 176 Å². The lowest BCUT2D eigenvalue weighted by molar-refractivity contribution is -0.126. The number of nitrogens with zero attached hydrogens (tertiary/aromatic N) is 5. The molecule has 2 aliphatic rings. The van der Waals surface area contributed by atoms with Crippen LogP contribution in [-0.4, -0.2) is 80.4 Å². The summed E-state index contributed by atoms with van der Waals surface area (Å²) in [4.78, 5) is 33.1. The molecule has 2 fully saturated rings. The summed E-state index contributed by atoms with van der Waals surface area (Å²) < 4.78 is 0. The largest absolute Gasteiger partial charge is 0.314 e. The van der Waals surface area contributed by atoms with Crippen molar-refractivity contribution in [2.24, 2.45) is 0 Å². The van der Waals surface area contributed by atoms with Crippen molar-refractivity contribution in [3.63, 3.8) is 0 Å². The lowest BCUT2D eigenvalue weighted by Crippen LogP contribution is -2.48. The average molecular weight is 414 g/mol. The van der Waals surface area contributed by atoms with E-state index in [0.717, 1.165) is 37.4 Å². The molecule has 1 atom stereocenters. The summed E-state index contributed by atoms with van der Waals surface area (Å²) in [5.74, 6) is -0.0155. The zero-order chi connectivity index (χ0) is 21.1. The van der Waals surface area contributed by atoms with Crippen LogP contribution in [0.25, 0.3) is 0 Å². The number of allylic oxidation sites excluding steroid dienone is 1. The van der Waals surface area contributed by atoms with E-state index in [9.17, 15) is 14.9 Å². The minimum Gasteiger partial charge on any atom is -0.314 e. The van der Waals surface area contributed by atoms with Crippen molar-refractivity contribution in [1.82, 2.24) is 14.7 Å². The lowest BCUT2D eigenvalue weighted by Gasteiger charge is -2.32. The number of benzene rings is 1. The van der Waals surface area contributed by atoms with Gasteiger partial charge in [-0.2, -0.15) is 5.26 Å². The normalized spacial score (nSPS) is 22.5. The molecule has 0 N–H and O–H groups in total. The van der Waals surface area contributed by atoms with Crippen LogP contribution in [0.15, 0.2) is 34.9 Å². The number of nitriles is 1. The maximum Gasteiger partial charge on any atom is 0.245 e. The van der Waals surface area contributed by atoms with Gasteiger partial charge < -0.3 is 14.7 Å². The van der Waals surface area contributed by atoms with Crippen LogP contribution in [-0.2, 0) is 9.59 Å². The minimum absolute atomic E-state index is 0.0372. The van der Waals surface area contributed by atoms with Crippen molar-refractivity contribution in [3.8, 4) is 6.07 Å². The first-order chi connectivity index (χ1) is 13.8. The highest BCUT2D eigenvalue weighted by Gasteiger charge is 2.36. The van der Waals surface area contributed by atoms with Crippen LogP contribution in [0.2, 0.25) is 0 Å². The highest BCUT2D eigenvalue weighted by molar-refractivity contribution is 8.04. The first-order valence-corrected chi connectivity index (χ1v) is 10.5. The lowest BCUT2D eigenvalue weighted by atomic mass is 10.1. The number of thioether (sulfide) groups is 1. The number of anilines is 1. The standard InChI is InChI=1S/C21H27N5O2S/c1-15(13-22)21-25(4)20(28)19(29-21)16-6-5-7-17(12-16)24(3)18(27)14-26-10-8-23(2)9-11-26/h5-7,12,19H,8-11,14H2,1-4H3. The Morgan fingerprint density at radius 1 is 1.28 bits per heavy atom. The molecule has 29 heavy (non-hydrogen) atoms. The van der Waals surface area contributed by atoms with E-state index in [1.165, 1.54) is 11.8 Å². The van der Waals surface area contributed by atoms with Crippen LogP contribution in [0.3, 0.4) is 0 Å². The molecule has 154 valence electrons. The molecule has 2 aliphatic heterocycles. The monoisotopic (exact) mass is 413 g/mol. The topological polar surface area (TPSA) is 70.9 Å². The van der Waals surface area contributed by atoms with Crippen molar-refractivity contribution in [2.45, 2.75) is 12.2 Å². The molecule has 1 aromatic rings. The summed E-state index contributed by atoms with van der Waals surface area (Å²) in [5.41, 5.74) is 2.14. The van der Waals surface area contributed by atoms with Crippen LogP contribution in [0.4, 0.5) is 5.69 Å². The fourth-order valence-electron chi connectivity index (χ4n) is 3.46. The molecule has 0 saturated carbocycles. The molecule has 3 rings (SSSR count). The number of carbonyl (C=O) groups excluding carboxylic acids is 2. The average Bonchev–Trinajstić information content (AvgIpc) is 3.03. The van der Waals surface area contributed by atoms with E-state index >= 15 is 0 Å². The van der Waals surface area contributed by atoms with E-state index in [0.29, 0.717) is 17.1 Å². The molecule has 8 heteroatoms. The third kappa shape index (κ3) is 4.64. The summed E-state index contributed by atoms with van der Waals surface area (Å²) >= 11 is 1.39. The zero-order valence-corrected chi connectivity index (χ0v) is 18.2. The predicted molar refractivity (Wildman–Crippen MR) is 115 cm³/mol. The maximum atomic E-state index is 12.8. The first kappa shape index (κ1) is 21.4. The van der Waals surface area contributed by atoms with Crippen molar-refractivity contribution in [3.05, 3.63) is 40.4 Å². The summed E-state index contributed by atoms with van der Waals surface area (Å²) in [6.45, 7) is 5.84.